The van der Waals surface area contributed by atoms with E-state index < -0.39 is 0 Å². The smallest absolute Gasteiger partial charge is 0.248 e. The molecule has 1 unspecified atom stereocenters. The Morgan fingerprint density at radius 1 is 1.57 bits per heavy atom. The molecule has 0 saturated heterocycles. The van der Waals surface area contributed by atoms with Gasteiger partial charge in [-0.2, -0.15) is 0 Å². The fourth-order valence-corrected chi connectivity index (χ4v) is 1.82. The average Bonchev–Trinajstić information content (AvgIpc) is 2.16. The maximum atomic E-state index is 11.0. The molecule has 1 heterocycles. The zero-order valence-corrected chi connectivity index (χ0v) is 8.21. The summed E-state index contributed by atoms with van der Waals surface area (Å²) in [6, 6.07) is 5.59. The Balaban J connectivity index is 2.37. The van der Waals surface area contributed by atoms with Crippen LogP contribution in [-0.2, 0) is 6.42 Å². The molecule has 0 saturated carbocycles. The fraction of sp³-hybridized carbons (Fsp3) is 0.364. The highest BCUT2D eigenvalue weighted by atomic mass is 16.1. The summed E-state index contributed by atoms with van der Waals surface area (Å²) in [4.78, 5) is 11.0. The second-order valence-electron chi connectivity index (χ2n) is 3.93. The lowest BCUT2D eigenvalue weighted by atomic mass is 9.94. The quantitative estimate of drug-likeness (QED) is 0.703. The number of rotatable bonds is 1. The minimum atomic E-state index is -0.356. The predicted molar refractivity (Wildman–Crippen MR) is 56.3 cm³/mol. The van der Waals surface area contributed by atoms with Crippen LogP contribution in [0.4, 0.5) is 5.69 Å². The summed E-state index contributed by atoms with van der Waals surface area (Å²) < 4.78 is 0. The van der Waals surface area contributed by atoms with Gasteiger partial charge in [-0.1, -0.05) is 6.92 Å². The normalized spacial score (nSPS) is 19.6. The molecule has 14 heavy (non-hydrogen) atoms. The van der Waals surface area contributed by atoms with Gasteiger partial charge in [0.05, 0.1) is 0 Å². The molecule has 0 spiro atoms. The van der Waals surface area contributed by atoms with Gasteiger partial charge in [0.15, 0.2) is 0 Å². The minimum Gasteiger partial charge on any atom is -0.385 e. The molecule has 0 bridgehead atoms. The highest BCUT2D eigenvalue weighted by Gasteiger charge is 2.15. The van der Waals surface area contributed by atoms with E-state index in [0.29, 0.717) is 11.5 Å². The van der Waals surface area contributed by atoms with E-state index in [9.17, 15) is 4.79 Å². The minimum absolute atomic E-state index is 0.356. The van der Waals surface area contributed by atoms with Crippen molar-refractivity contribution in [1.29, 1.82) is 0 Å². The Hall–Kier alpha value is -1.51. The Bertz CT molecular complexity index is 374. The van der Waals surface area contributed by atoms with Crippen molar-refractivity contribution in [3.05, 3.63) is 29.3 Å². The molecule has 3 nitrogen and oxygen atoms in total. The Labute approximate surface area is 83.3 Å². The number of nitrogens with one attached hydrogen (secondary N) is 1. The monoisotopic (exact) mass is 190 g/mol. The van der Waals surface area contributed by atoms with E-state index in [-0.39, 0.29) is 5.91 Å². The number of nitrogens with two attached hydrogens (primary N) is 1. The van der Waals surface area contributed by atoms with Gasteiger partial charge in [-0.25, -0.2) is 0 Å². The predicted octanol–water partition coefficient (Wildman–Crippen LogP) is 1.39. The number of carbonyl (C=O) groups is 1. The number of hydrogen-bond acceptors (Lipinski definition) is 2. The summed E-state index contributed by atoms with van der Waals surface area (Å²) in [6.45, 7) is 3.19. The standard InChI is InChI=1S/C11H14N2O/c1-7-4-9-5-8(11(12)14)2-3-10(9)13-6-7/h2-3,5,7,13H,4,6H2,1H3,(H2,12,14). The first-order valence-corrected chi connectivity index (χ1v) is 4.83. The van der Waals surface area contributed by atoms with Crippen molar-refractivity contribution < 1.29 is 4.79 Å². The van der Waals surface area contributed by atoms with Gasteiger partial charge in [0, 0.05) is 17.8 Å². The van der Waals surface area contributed by atoms with E-state index in [4.69, 9.17) is 5.73 Å². The molecule has 0 aromatic heterocycles. The molecule has 0 aliphatic carbocycles. The highest BCUT2D eigenvalue weighted by Crippen LogP contribution is 2.25. The number of benzene rings is 1. The SMILES string of the molecule is CC1CNc2ccc(C(N)=O)cc2C1. The van der Waals surface area contributed by atoms with Crippen LogP contribution in [0.3, 0.4) is 0 Å². The Kier molecular flexibility index (Phi) is 2.15. The van der Waals surface area contributed by atoms with Crippen LogP contribution < -0.4 is 11.1 Å². The summed E-state index contributed by atoms with van der Waals surface area (Å²) in [6.07, 6.45) is 1.02. The van der Waals surface area contributed by atoms with Crippen LogP contribution in [0, 0.1) is 5.92 Å². The van der Waals surface area contributed by atoms with Crippen LogP contribution in [0.25, 0.3) is 0 Å². The molecule has 1 aromatic rings. The van der Waals surface area contributed by atoms with E-state index in [1.54, 1.807) is 6.07 Å². The molecular weight excluding hydrogens is 176 g/mol. The number of anilines is 1. The maximum absolute atomic E-state index is 11.0. The third-order valence-electron chi connectivity index (χ3n) is 2.60. The molecule has 0 radical (unpaired) electrons. The van der Waals surface area contributed by atoms with Gasteiger partial charge in [-0.05, 0) is 36.1 Å². The largest absolute Gasteiger partial charge is 0.385 e. The molecule has 1 aliphatic heterocycles. The number of amides is 1. The van der Waals surface area contributed by atoms with Gasteiger partial charge < -0.3 is 11.1 Å². The number of carbonyl (C=O) groups excluding carboxylic acids is 1. The average molecular weight is 190 g/mol. The molecule has 3 N–H and O–H groups in total. The maximum Gasteiger partial charge on any atom is 0.248 e. The molecule has 1 aromatic carbocycles. The van der Waals surface area contributed by atoms with Gasteiger partial charge in [-0.15, -0.1) is 0 Å². The van der Waals surface area contributed by atoms with E-state index in [2.05, 4.69) is 12.2 Å². The first-order valence-electron chi connectivity index (χ1n) is 4.83. The molecule has 3 heteroatoms. The van der Waals surface area contributed by atoms with E-state index in [1.807, 2.05) is 12.1 Å². The van der Waals surface area contributed by atoms with Gasteiger partial charge in [-0.3, -0.25) is 4.79 Å². The third kappa shape index (κ3) is 1.58. The van der Waals surface area contributed by atoms with Crippen molar-refractivity contribution in [2.45, 2.75) is 13.3 Å². The zero-order chi connectivity index (χ0) is 10.1. The summed E-state index contributed by atoms with van der Waals surface area (Å²) in [5, 5.41) is 3.33. The van der Waals surface area contributed by atoms with Gasteiger partial charge >= 0.3 is 0 Å². The van der Waals surface area contributed by atoms with Crippen LogP contribution >= 0.6 is 0 Å². The lowest BCUT2D eigenvalue weighted by Gasteiger charge is -2.23. The lowest BCUT2D eigenvalue weighted by molar-refractivity contribution is 0.1000. The fourth-order valence-electron chi connectivity index (χ4n) is 1.82. The second-order valence-corrected chi connectivity index (χ2v) is 3.93. The van der Waals surface area contributed by atoms with Crippen molar-refractivity contribution in [2.75, 3.05) is 11.9 Å². The lowest BCUT2D eigenvalue weighted by Crippen LogP contribution is -2.21. The molecule has 1 aliphatic rings. The first kappa shape index (κ1) is 9.06. The molecule has 1 amide bonds. The second kappa shape index (κ2) is 3.33. The van der Waals surface area contributed by atoms with Gasteiger partial charge in [0.25, 0.3) is 0 Å². The number of hydrogen-bond donors (Lipinski definition) is 2. The van der Waals surface area contributed by atoms with E-state index in [0.717, 1.165) is 18.7 Å². The van der Waals surface area contributed by atoms with Crippen LogP contribution in [0.5, 0.6) is 0 Å². The summed E-state index contributed by atoms with van der Waals surface area (Å²) in [5.41, 5.74) is 8.15. The van der Waals surface area contributed by atoms with Crippen LogP contribution in [0.1, 0.15) is 22.8 Å². The van der Waals surface area contributed by atoms with Crippen molar-refractivity contribution in [2.24, 2.45) is 11.7 Å². The van der Waals surface area contributed by atoms with Crippen LogP contribution in [-0.4, -0.2) is 12.5 Å². The molecule has 1 atom stereocenters. The first-order chi connectivity index (χ1) is 6.66. The van der Waals surface area contributed by atoms with Crippen molar-refractivity contribution in [3.63, 3.8) is 0 Å². The summed E-state index contributed by atoms with van der Waals surface area (Å²) >= 11 is 0. The highest BCUT2D eigenvalue weighted by molar-refractivity contribution is 5.93. The molecular formula is C11H14N2O. The summed E-state index contributed by atoms with van der Waals surface area (Å²) in [7, 11) is 0. The van der Waals surface area contributed by atoms with Gasteiger partial charge in [0.2, 0.25) is 5.91 Å². The molecule has 74 valence electrons. The number of primary amides is 1. The molecule has 0 fully saturated rings. The van der Waals surface area contributed by atoms with E-state index in [1.165, 1.54) is 5.56 Å². The van der Waals surface area contributed by atoms with Crippen molar-refractivity contribution in [3.8, 4) is 0 Å². The third-order valence-corrected chi connectivity index (χ3v) is 2.60. The van der Waals surface area contributed by atoms with Crippen molar-refractivity contribution >= 4 is 11.6 Å². The molecule has 2 rings (SSSR count). The summed E-state index contributed by atoms with van der Waals surface area (Å²) in [5.74, 6) is 0.261. The van der Waals surface area contributed by atoms with Crippen molar-refractivity contribution in [1.82, 2.24) is 0 Å². The van der Waals surface area contributed by atoms with Gasteiger partial charge in [0.1, 0.15) is 0 Å². The van der Waals surface area contributed by atoms with Crippen LogP contribution in [0.15, 0.2) is 18.2 Å². The van der Waals surface area contributed by atoms with Crippen LogP contribution in [0.2, 0.25) is 0 Å². The topological polar surface area (TPSA) is 55.1 Å². The Morgan fingerprint density at radius 3 is 3.07 bits per heavy atom. The number of fused-ring (bicyclic) bond motifs is 1. The van der Waals surface area contributed by atoms with E-state index >= 15 is 0 Å². The Morgan fingerprint density at radius 2 is 2.36 bits per heavy atom. The zero-order valence-electron chi connectivity index (χ0n) is 8.21.